The zero-order valence-electron chi connectivity index (χ0n) is 9.98. The molecule has 0 heterocycles. The summed E-state index contributed by atoms with van der Waals surface area (Å²) in [5, 5.41) is 0. The van der Waals surface area contributed by atoms with Crippen LogP contribution >= 0.6 is 0 Å². The van der Waals surface area contributed by atoms with Crippen LogP contribution in [0.25, 0.3) is 11.1 Å². The van der Waals surface area contributed by atoms with E-state index in [1.165, 1.54) is 24.3 Å². The fraction of sp³-hybridized carbons (Fsp3) is 0.0769. The van der Waals surface area contributed by atoms with Crippen molar-refractivity contribution >= 4 is 17.0 Å². The quantitative estimate of drug-likeness (QED) is 0.881. The topological polar surface area (TPSA) is 52.2 Å². The van der Waals surface area contributed by atoms with E-state index in [1.54, 1.807) is 12.1 Å². The minimum Gasteiger partial charge on any atom is -0.755 e. The van der Waals surface area contributed by atoms with Crippen molar-refractivity contribution in [1.82, 2.24) is 0 Å². The lowest BCUT2D eigenvalue weighted by atomic mass is 10.0. The smallest absolute Gasteiger partial charge is 0.416 e. The molecule has 0 aliphatic heterocycles. The summed E-state index contributed by atoms with van der Waals surface area (Å²) in [6.45, 7) is 0. The van der Waals surface area contributed by atoms with E-state index in [-0.39, 0.29) is 0 Å². The number of hydrogen-bond donors (Lipinski definition) is 1. The Morgan fingerprint density at radius 1 is 0.900 bits per heavy atom. The number of alkyl halides is 3. The Morgan fingerprint density at radius 3 is 1.75 bits per heavy atom. The van der Waals surface area contributed by atoms with Gasteiger partial charge in [0.05, 0.1) is 5.56 Å². The average Bonchev–Trinajstić information content (AvgIpc) is 2.38. The highest BCUT2D eigenvalue weighted by Crippen LogP contribution is 2.31. The molecule has 106 valence electrons. The molecule has 1 N–H and O–H groups in total. The number of hydrogen-bond acceptors (Lipinski definition) is 2. The van der Waals surface area contributed by atoms with Crippen LogP contribution in [0.1, 0.15) is 5.56 Å². The molecule has 2 rings (SSSR count). The van der Waals surface area contributed by atoms with E-state index < -0.39 is 23.0 Å². The van der Waals surface area contributed by atoms with Crippen LogP contribution < -0.4 is 4.72 Å². The van der Waals surface area contributed by atoms with E-state index in [9.17, 15) is 21.9 Å². The predicted octanol–water partition coefficient (Wildman–Crippen LogP) is 3.58. The summed E-state index contributed by atoms with van der Waals surface area (Å²) in [5.74, 6) is 0. The van der Waals surface area contributed by atoms with Crippen molar-refractivity contribution in [3.05, 3.63) is 54.1 Å². The van der Waals surface area contributed by atoms with E-state index >= 15 is 0 Å². The van der Waals surface area contributed by atoms with Crippen molar-refractivity contribution in [3.8, 4) is 11.1 Å². The van der Waals surface area contributed by atoms with Crippen LogP contribution in [0.15, 0.2) is 48.5 Å². The highest BCUT2D eigenvalue weighted by molar-refractivity contribution is 7.80. The van der Waals surface area contributed by atoms with Crippen LogP contribution in [0.2, 0.25) is 0 Å². The molecule has 0 spiro atoms. The third kappa shape index (κ3) is 3.58. The van der Waals surface area contributed by atoms with Gasteiger partial charge in [-0.2, -0.15) is 13.2 Å². The molecule has 0 fully saturated rings. The van der Waals surface area contributed by atoms with Crippen LogP contribution in [0.4, 0.5) is 18.9 Å². The van der Waals surface area contributed by atoms with Crippen molar-refractivity contribution in [2.24, 2.45) is 0 Å². The second-order valence-electron chi connectivity index (χ2n) is 3.99. The van der Waals surface area contributed by atoms with Gasteiger partial charge in [0.25, 0.3) is 0 Å². The summed E-state index contributed by atoms with van der Waals surface area (Å²) in [6, 6.07) is 11.1. The van der Waals surface area contributed by atoms with E-state index in [2.05, 4.69) is 4.72 Å². The molecule has 7 heteroatoms. The van der Waals surface area contributed by atoms with Crippen LogP contribution in [0, 0.1) is 0 Å². The number of benzene rings is 2. The van der Waals surface area contributed by atoms with Crippen molar-refractivity contribution < 1.29 is 21.9 Å². The van der Waals surface area contributed by atoms with Gasteiger partial charge in [0, 0.05) is 17.0 Å². The number of nitrogens with one attached hydrogen (secondary N) is 1. The monoisotopic (exact) mass is 300 g/mol. The minimum atomic E-state index is -4.36. The normalized spacial score (nSPS) is 13.0. The lowest BCUT2D eigenvalue weighted by molar-refractivity contribution is -0.137. The van der Waals surface area contributed by atoms with E-state index in [1.807, 2.05) is 0 Å². The Hall–Kier alpha value is -1.86. The molecule has 0 amide bonds. The minimum absolute atomic E-state index is 0.383. The Balaban J connectivity index is 2.21. The molecular formula is C13H9F3NO2S-. The maximum absolute atomic E-state index is 12.4. The highest BCUT2D eigenvalue weighted by Gasteiger charge is 2.29. The number of halogens is 3. The summed E-state index contributed by atoms with van der Waals surface area (Å²) in [7, 11) is 0. The Morgan fingerprint density at radius 2 is 1.35 bits per heavy atom. The molecule has 0 aliphatic carbocycles. The summed E-state index contributed by atoms with van der Waals surface area (Å²) in [4.78, 5) is 0. The lowest BCUT2D eigenvalue weighted by Crippen LogP contribution is -2.04. The molecule has 0 aromatic heterocycles. The second-order valence-corrected chi connectivity index (χ2v) is 4.66. The van der Waals surface area contributed by atoms with Crippen molar-refractivity contribution in [2.45, 2.75) is 6.18 Å². The molecule has 0 saturated carbocycles. The van der Waals surface area contributed by atoms with Gasteiger partial charge in [-0.25, -0.2) is 0 Å². The van der Waals surface area contributed by atoms with Gasteiger partial charge in [-0.1, -0.05) is 24.3 Å². The van der Waals surface area contributed by atoms with Gasteiger partial charge in [-0.05, 0) is 35.4 Å². The molecule has 2 aromatic carbocycles. The zero-order valence-corrected chi connectivity index (χ0v) is 10.8. The molecule has 3 nitrogen and oxygen atoms in total. The maximum Gasteiger partial charge on any atom is 0.416 e. The molecule has 0 radical (unpaired) electrons. The van der Waals surface area contributed by atoms with Crippen LogP contribution in [-0.4, -0.2) is 8.76 Å². The van der Waals surface area contributed by atoms with Gasteiger partial charge in [0.1, 0.15) is 0 Å². The largest absolute Gasteiger partial charge is 0.755 e. The molecule has 0 saturated heterocycles. The maximum atomic E-state index is 12.4. The SMILES string of the molecule is O=S([O-])Nc1ccc(-c2ccc(C(F)(F)F)cc2)cc1. The van der Waals surface area contributed by atoms with Gasteiger partial charge in [0.2, 0.25) is 0 Å². The third-order valence-electron chi connectivity index (χ3n) is 2.63. The standard InChI is InChI=1S/C13H10F3NO2S/c14-13(15,16)11-5-1-9(2-6-11)10-3-7-12(8-4-10)17-20(18)19/h1-8,17H,(H,18,19)/p-1. The molecule has 0 bridgehead atoms. The zero-order chi connectivity index (χ0) is 14.8. The molecular weight excluding hydrogens is 291 g/mol. The van der Waals surface area contributed by atoms with Gasteiger partial charge < -0.3 is 9.27 Å². The third-order valence-corrected chi connectivity index (χ3v) is 3.03. The number of rotatable bonds is 3. The first-order chi connectivity index (χ1) is 9.36. The number of anilines is 1. The second kappa shape index (κ2) is 5.64. The van der Waals surface area contributed by atoms with Gasteiger partial charge >= 0.3 is 6.18 Å². The van der Waals surface area contributed by atoms with E-state index in [0.717, 1.165) is 12.1 Å². The first-order valence-electron chi connectivity index (χ1n) is 5.50. The van der Waals surface area contributed by atoms with Gasteiger partial charge in [-0.15, -0.1) is 0 Å². The average molecular weight is 300 g/mol. The molecule has 2 aromatic rings. The van der Waals surface area contributed by atoms with Crippen LogP contribution in [0.3, 0.4) is 0 Å². The van der Waals surface area contributed by atoms with Crippen molar-refractivity contribution in [2.75, 3.05) is 4.72 Å². The summed E-state index contributed by atoms with van der Waals surface area (Å²) >= 11 is -2.41. The molecule has 1 unspecified atom stereocenters. The Bertz CT molecular complexity index is 609. The predicted molar refractivity (Wildman–Crippen MR) is 69.4 cm³/mol. The van der Waals surface area contributed by atoms with Gasteiger partial charge in [-0.3, -0.25) is 4.21 Å². The molecule has 1 atom stereocenters. The van der Waals surface area contributed by atoms with Crippen molar-refractivity contribution in [3.63, 3.8) is 0 Å². The fourth-order valence-corrected chi connectivity index (χ4v) is 2.01. The Labute approximate surface area is 115 Å². The summed E-state index contributed by atoms with van der Waals surface area (Å²) in [5.41, 5.74) is 0.990. The van der Waals surface area contributed by atoms with E-state index in [0.29, 0.717) is 16.8 Å². The first kappa shape index (κ1) is 14.5. The summed E-state index contributed by atoms with van der Waals surface area (Å²) in [6.07, 6.45) is -4.36. The first-order valence-corrected chi connectivity index (χ1v) is 6.57. The van der Waals surface area contributed by atoms with Crippen LogP contribution in [0.5, 0.6) is 0 Å². The molecule has 0 aliphatic rings. The Kier molecular flexibility index (Phi) is 4.10. The van der Waals surface area contributed by atoms with Crippen LogP contribution in [-0.2, 0) is 17.4 Å². The highest BCUT2D eigenvalue weighted by atomic mass is 32.2. The van der Waals surface area contributed by atoms with E-state index in [4.69, 9.17) is 0 Å². The van der Waals surface area contributed by atoms with Crippen molar-refractivity contribution in [1.29, 1.82) is 0 Å². The van der Waals surface area contributed by atoms with Gasteiger partial charge in [0.15, 0.2) is 0 Å². The lowest BCUT2D eigenvalue weighted by Gasteiger charge is -2.10. The fourth-order valence-electron chi connectivity index (χ4n) is 1.68. The molecule has 20 heavy (non-hydrogen) atoms. The summed E-state index contributed by atoms with van der Waals surface area (Å²) < 4.78 is 60.3.